The molecule has 0 aliphatic rings. The maximum absolute atomic E-state index is 12.3. The standard InChI is InChI=1S/C12H18BrNO3S/c1-11-5-3-4-6-12(11)18(15,16)14(2)8-10-17-9-7-13/h3-6H,7-10H2,1-2H3. The summed E-state index contributed by atoms with van der Waals surface area (Å²) in [6, 6.07) is 6.98. The van der Waals surface area contributed by atoms with Crippen LogP contribution in [0.4, 0.5) is 0 Å². The number of benzene rings is 1. The molecule has 0 unspecified atom stereocenters. The van der Waals surface area contributed by atoms with Crippen LogP contribution in [0.15, 0.2) is 29.2 Å². The van der Waals surface area contributed by atoms with Crippen molar-refractivity contribution in [3.63, 3.8) is 0 Å². The molecule has 6 heteroatoms. The van der Waals surface area contributed by atoms with Gasteiger partial charge in [0.2, 0.25) is 10.0 Å². The molecule has 0 radical (unpaired) electrons. The van der Waals surface area contributed by atoms with Crippen molar-refractivity contribution in [1.82, 2.24) is 4.31 Å². The van der Waals surface area contributed by atoms with Gasteiger partial charge in [-0.15, -0.1) is 0 Å². The van der Waals surface area contributed by atoms with Crippen LogP contribution < -0.4 is 0 Å². The van der Waals surface area contributed by atoms with Gasteiger partial charge in [0, 0.05) is 18.9 Å². The van der Waals surface area contributed by atoms with E-state index >= 15 is 0 Å². The Morgan fingerprint density at radius 2 is 1.94 bits per heavy atom. The summed E-state index contributed by atoms with van der Waals surface area (Å²) < 4.78 is 31.1. The molecule has 0 aliphatic heterocycles. The van der Waals surface area contributed by atoms with Crippen LogP contribution in [0.25, 0.3) is 0 Å². The fourth-order valence-electron chi connectivity index (χ4n) is 1.48. The average molecular weight is 336 g/mol. The lowest BCUT2D eigenvalue weighted by molar-refractivity contribution is 0.141. The number of halogens is 1. The van der Waals surface area contributed by atoms with Crippen LogP contribution in [0.5, 0.6) is 0 Å². The molecule has 0 bridgehead atoms. The summed E-state index contributed by atoms with van der Waals surface area (Å²) in [5.74, 6) is 0. The summed E-state index contributed by atoms with van der Waals surface area (Å²) in [4.78, 5) is 0.355. The molecule has 0 fully saturated rings. The number of alkyl halides is 1. The molecule has 0 atom stereocenters. The number of sulfonamides is 1. The van der Waals surface area contributed by atoms with Gasteiger partial charge in [-0.3, -0.25) is 0 Å². The summed E-state index contributed by atoms with van der Waals surface area (Å²) in [5.41, 5.74) is 0.755. The topological polar surface area (TPSA) is 46.6 Å². The van der Waals surface area contributed by atoms with Crippen molar-refractivity contribution in [2.75, 3.05) is 32.1 Å². The smallest absolute Gasteiger partial charge is 0.243 e. The molecule has 0 amide bonds. The molecule has 0 spiro atoms. The van der Waals surface area contributed by atoms with Crippen molar-refractivity contribution in [2.24, 2.45) is 0 Å². The lowest BCUT2D eigenvalue weighted by Gasteiger charge is -2.18. The normalized spacial score (nSPS) is 12.0. The number of hydrogen-bond acceptors (Lipinski definition) is 3. The second kappa shape index (κ2) is 7.23. The Hall–Kier alpha value is -0.430. The fraction of sp³-hybridized carbons (Fsp3) is 0.500. The van der Waals surface area contributed by atoms with Gasteiger partial charge in [0.05, 0.1) is 18.1 Å². The molecule has 0 aliphatic carbocycles. The molecule has 1 aromatic carbocycles. The van der Waals surface area contributed by atoms with Gasteiger partial charge in [0.25, 0.3) is 0 Å². The summed E-state index contributed by atoms with van der Waals surface area (Å²) in [5, 5.41) is 0.751. The van der Waals surface area contributed by atoms with E-state index in [1.54, 1.807) is 32.2 Å². The molecule has 0 heterocycles. The first-order valence-electron chi connectivity index (χ1n) is 5.66. The molecular formula is C12H18BrNO3S. The summed E-state index contributed by atoms with van der Waals surface area (Å²) >= 11 is 3.25. The summed E-state index contributed by atoms with van der Waals surface area (Å²) in [6.45, 7) is 3.12. The van der Waals surface area contributed by atoms with Crippen LogP contribution in [0, 0.1) is 6.92 Å². The number of rotatable bonds is 7. The summed E-state index contributed by atoms with van der Waals surface area (Å²) in [6.07, 6.45) is 0. The number of aryl methyl sites for hydroxylation is 1. The molecule has 4 nitrogen and oxygen atoms in total. The maximum Gasteiger partial charge on any atom is 0.243 e. The number of ether oxygens (including phenoxy) is 1. The van der Waals surface area contributed by atoms with E-state index in [2.05, 4.69) is 15.9 Å². The van der Waals surface area contributed by atoms with Gasteiger partial charge in [-0.1, -0.05) is 34.1 Å². The highest BCUT2D eigenvalue weighted by molar-refractivity contribution is 9.09. The molecule has 1 rings (SSSR count). The Bertz CT molecular complexity index is 476. The maximum atomic E-state index is 12.3. The largest absolute Gasteiger partial charge is 0.379 e. The molecule has 0 saturated carbocycles. The van der Waals surface area contributed by atoms with E-state index in [1.807, 2.05) is 6.07 Å². The minimum atomic E-state index is -3.42. The van der Waals surface area contributed by atoms with E-state index in [-0.39, 0.29) is 0 Å². The molecular weight excluding hydrogens is 318 g/mol. The first-order chi connectivity index (χ1) is 8.50. The predicted molar refractivity (Wildman–Crippen MR) is 75.6 cm³/mol. The van der Waals surface area contributed by atoms with E-state index in [0.717, 1.165) is 10.9 Å². The van der Waals surface area contributed by atoms with Crippen LogP contribution in [-0.4, -0.2) is 44.9 Å². The molecule has 0 N–H and O–H groups in total. The Kier molecular flexibility index (Phi) is 6.28. The first kappa shape index (κ1) is 15.6. The van der Waals surface area contributed by atoms with Crippen molar-refractivity contribution in [3.05, 3.63) is 29.8 Å². The van der Waals surface area contributed by atoms with Crippen molar-refractivity contribution >= 4 is 26.0 Å². The van der Waals surface area contributed by atoms with Gasteiger partial charge in [-0.2, -0.15) is 4.31 Å². The third kappa shape index (κ3) is 4.05. The third-order valence-electron chi connectivity index (χ3n) is 2.55. The molecule has 18 heavy (non-hydrogen) atoms. The van der Waals surface area contributed by atoms with Gasteiger partial charge in [0.15, 0.2) is 0 Å². The summed E-state index contributed by atoms with van der Waals surface area (Å²) in [7, 11) is -1.85. The fourth-order valence-corrected chi connectivity index (χ4v) is 3.09. The monoisotopic (exact) mass is 335 g/mol. The van der Waals surface area contributed by atoms with E-state index in [1.165, 1.54) is 4.31 Å². The molecule has 0 aromatic heterocycles. The highest BCUT2D eigenvalue weighted by atomic mass is 79.9. The van der Waals surface area contributed by atoms with Gasteiger partial charge in [0.1, 0.15) is 0 Å². The third-order valence-corrected chi connectivity index (χ3v) is 4.89. The highest BCUT2D eigenvalue weighted by Crippen LogP contribution is 2.17. The van der Waals surface area contributed by atoms with E-state index < -0.39 is 10.0 Å². The van der Waals surface area contributed by atoms with Crippen LogP contribution in [0.3, 0.4) is 0 Å². The molecule has 102 valence electrons. The number of likely N-dealkylation sites (N-methyl/N-ethyl adjacent to an activating group) is 1. The SMILES string of the molecule is Cc1ccccc1S(=O)(=O)N(C)CCOCCBr. The molecule has 0 saturated heterocycles. The van der Waals surface area contributed by atoms with Gasteiger partial charge >= 0.3 is 0 Å². The van der Waals surface area contributed by atoms with Crippen molar-refractivity contribution in [2.45, 2.75) is 11.8 Å². The Labute approximate surface area is 117 Å². The minimum absolute atomic E-state index is 0.351. The Morgan fingerprint density at radius 3 is 2.56 bits per heavy atom. The zero-order chi connectivity index (χ0) is 13.6. The van der Waals surface area contributed by atoms with Crippen molar-refractivity contribution < 1.29 is 13.2 Å². The van der Waals surface area contributed by atoms with Crippen molar-refractivity contribution in [3.8, 4) is 0 Å². The molecule has 1 aromatic rings. The van der Waals surface area contributed by atoms with Gasteiger partial charge in [-0.25, -0.2) is 8.42 Å². The lowest BCUT2D eigenvalue weighted by Crippen LogP contribution is -2.30. The van der Waals surface area contributed by atoms with Crippen molar-refractivity contribution in [1.29, 1.82) is 0 Å². The second-order valence-corrected chi connectivity index (χ2v) is 6.70. The second-order valence-electron chi connectivity index (χ2n) is 3.89. The average Bonchev–Trinajstić information content (AvgIpc) is 2.34. The van der Waals surface area contributed by atoms with E-state index in [9.17, 15) is 8.42 Å². The first-order valence-corrected chi connectivity index (χ1v) is 8.22. The van der Waals surface area contributed by atoms with Gasteiger partial charge in [-0.05, 0) is 18.6 Å². The quantitative estimate of drug-likeness (QED) is 0.565. The highest BCUT2D eigenvalue weighted by Gasteiger charge is 2.21. The lowest BCUT2D eigenvalue weighted by atomic mass is 10.2. The zero-order valence-electron chi connectivity index (χ0n) is 10.6. The van der Waals surface area contributed by atoms with Gasteiger partial charge < -0.3 is 4.74 Å². The van der Waals surface area contributed by atoms with E-state index in [0.29, 0.717) is 24.7 Å². The van der Waals surface area contributed by atoms with E-state index in [4.69, 9.17) is 4.74 Å². The Balaban J connectivity index is 2.72. The predicted octanol–water partition coefficient (Wildman–Crippen LogP) is 2.03. The van der Waals surface area contributed by atoms with Crippen LogP contribution in [-0.2, 0) is 14.8 Å². The zero-order valence-corrected chi connectivity index (χ0v) is 13.0. The van der Waals surface area contributed by atoms with Crippen LogP contribution in [0.2, 0.25) is 0 Å². The Morgan fingerprint density at radius 1 is 1.28 bits per heavy atom. The van der Waals surface area contributed by atoms with Crippen LogP contribution >= 0.6 is 15.9 Å². The minimum Gasteiger partial charge on any atom is -0.379 e. The van der Waals surface area contributed by atoms with Crippen LogP contribution in [0.1, 0.15) is 5.56 Å². The number of nitrogens with zero attached hydrogens (tertiary/aromatic N) is 1. The number of hydrogen-bond donors (Lipinski definition) is 0.